The predicted octanol–water partition coefficient (Wildman–Crippen LogP) is 2.74. The topological polar surface area (TPSA) is 59.2 Å². The van der Waals surface area contributed by atoms with Crippen molar-refractivity contribution < 1.29 is 4.79 Å². The molecule has 1 aromatic heterocycles. The largest absolute Gasteiger partial charge is 0.338 e. The van der Waals surface area contributed by atoms with Crippen LogP contribution in [0.1, 0.15) is 35.8 Å². The number of nitrogens with two attached hydrogens (primary N) is 1. The number of piperidine rings is 1. The van der Waals surface area contributed by atoms with Gasteiger partial charge in [0.2, 0.25) is 0 Å². The molecule has 0 aliphatic carbocycles. The van der Waals surface area contributed by atoms with Gasteiger partial charge in [-0.3, -0.25) is 9.78 Å². The van der Waals surface area contributed by atoms with Gasteiger partial charge in [0.05, 0.1) is 11.1 Å². The smallest absolute Gasteiger partial charge is 0.256 e. The number of rotatable bonds is 2. The third-order valence-corrected chi connectivity index (χ3v) is 4.58. The molecule has 0 radical (unpaired) electrons. The minimum atomic E-state index is 0.0778. The van der Waals surface area contributed by atoms with Crippen LogP contribution in [-0.2, 0) is 0 Å². The molecule has 4 heteroatoms. The number of benzene rings is 1. The van der Waals surface area contributed by atoms with Crippen LogP contribution in [0.25, 0.3) is 10.9 Å². The molecule has 2 heterocycles. The number of aryl methyl sites for hydroxylation is 1. The van der Waals surface area contributed by atoms with Gasteiger partial charge in [-0.25, -0.2) is 0 Å². The highest BCUT2D eigenvalue weighted by molar-refractivity contribution is 6.05. The van der Waals surface area contributed by atoms with Gasteiger partial charge in [0.15, 0.2) is 0 Å². The highest BCUT2D eigenvalue weighted by Gasteiger charge is 2.27. The van der Waals surface area contributed by atoms with Crippen molar-refractivity contribution in [2.45, 2.75) is 32.7 Å². The summed E-state index contributed by atoms with van der Waals surface area (Å²) in [5.41, 5.74) is 8.46. The summed E-state index contributed by atoms with van der Waals surface area (Å²) in [6, 6.07) is 9.94. The molecule has 3 rings (SSSR count). The summed E-state index contributed by atoms with van der Waals surface area (Å²) in [4.78, 5) is 19.5. The number of para-hydroxylation sites is 1. The zero-order valence-corrected chi connectivity index (χ0v) is 13.2. The second-order valence-corrected chi connectivity index (χ2v) is 6.34. The SMILES string of the molecule is Cc1ccc2cccc(C(=O)N3CCC[C@@H]([C@H](C)N)C3)c2n1. The van der Waals surface area contributed by atoms with Crippen molar-refractivity contribution in [3.8, 4) is 0 Å². The zero-order chi connectivity index (χ0) is 15.7. The van der Waals surface area contributed by atoms with Crippen molar-refractivity contribution in [1.82, 2.24) is 9.88 Å². The molecule has 1 fully saturated rings. The molecule has 0 saturated carbocycles. The summed E-state index contributed by atoms with van der Waals surface area (Å²) in [7, 11) is 0. The first-order valence-electron chi connectivity index (χ1n) is 7.97. The maximum absolute atomic E-state index is 12.9. The lowest BCUT2D eigenvalue weighted by Gasteiger charge is -2.34. The summed E-state index contributed by atoms with van der Waals surface area (Å²) >= 11 is 0. The molecule has 1 saturated heterocycles. The van der Waals surface area contributed by atoms with E-state index in [1.54, 1.807) is 0 Å². The van der Waals surface area contributed by atoms with E-state index in [9.17, 15) is 4.79 Å². The van der Waals surface area contributed by atoms with Gasteiger partial charge in [-0.05, 0) is 44.7 Å². The Kier molecular flexibility index (Phi) is 4.12. The standard InChI is InChI=1S/C18H23N3O/c1-12-8-9-14-5-3-7-16(17(14)20-12)18(22)21-10-4-6-15(11-21)13(2)19/h3,5,7-9,13,15H,4,6,10-11,19H2,1-2H3/t13-,15+/m0/s1. The minimum Gasteiger partial charge on any atom is -0.338 e. The Morgan fingerprint density at radius 1 is 1.36 bits per heavy atom. The van der Waals surface area contributed by atoms with Crippen molar-refractivity contribution in [1.29, 1.82) is 0 Å². The van der Waals surface area contributed by atoms with Crippen LogP contribution in [0.5, 0.6) is 0 Å². The normalized spacial score (nSPS) is 20.1. The van der Waals surface area contributed by atoms with E-state index in [0.717, 1.165) is 42.5 Å². The Labute approximate surface area is 131 Å². The molecule has 2 aromatic rings. The summed E-state index contributed by atoms with van der Waals surface area (Å²) in [5, 5.41) is 1.01. The number of hydrogen-bond donors (Lipinski definition) is 1. The van der Waals surface area contributed by atoms with Gasteiger partial charge in [-0.1, -0.05) is 18.2 Å². The van der Waals surface area contributed by atoms with Crippen molar-refractivity contribution in [3.63, 3.8) is 0 Å². The Balaban J connectivity index is 1.93. The highest BCUT2D eigenvalue weighted by Crippen LogP contribution is 2.23. The molecule has 1 aliphatic rings. The van der Waals surface area contributed by atoms with Crippen molar-refractivity contribution in [3.05, 3.63) is 41.6 Å². The minimum absolute atomic E-state index is 0.0778. The molecule has 4 nitrogen and oxygen atoms in total. The van der Waals surface area contributed by atoms with E-state index >= 15 is 0 Å². The van der Waals surface area contributed by atoms with Crippen LogP contribution < -0.4 is 5.73 Å². The van der Waals surface area contributed by atoms with Gasteiger partial charge in [0.1, 0.15) is 0 Å². The molecular formula is C18H23N3O. The fourth-order valence-corrected chi connectivity index (χ4v) is 3.21. The van der Waals surface area contributed by atoms with E-state index in [4.69, 9.17) is 5.73 Å². The summed E-state index contributed by atoms with van der Waals surface area (Å²) in [5.74, 6) is 0.469. The van der Waals surface area contributed by atoms with Gasteiger partial charge in [-0.15, -0.1) is 0 Å². The van der Waals surface area contributed by atoms with Gasteiger partial charge in [-0.2, -0.15) is 0 Å². The number of carbonyl (C=O) groups excluding carboxylic acids is 1. The van der Waals surface area contributed by atoms with E-state index < -0.39 is 0 Å². The fraction of sp³-hybridized carbons (Fsp3) is 0.444. The monoisotopic (exact) mass is 297 g/mol. The maximum Gasteiger partial charge on any atom is 0.256 e. The van der Waals surface area contributed by atoms with Gasteiger partial charge in [0, 0.05) is 30.2 Å². The van der Waals surface area contributed by atoms with Gasteiger partial charge in [0.25, 0.3) is 5.91 Å². The number of hydrogen-bond acceptors (Lipinski definition) is 3. The number of aromatic nitrogens is 1. The average molecular weight is 297 g/mol. The zero-order valence-electron chi connectivity index (χ0n) is 13.2. The second-order valence-electron chi connectivity index (χ2n) is 6.34. The second kappa shape index (κ2) is 6.05. The Morgan fingerprint density at radius 3 is 2.95 bits per heavy atom. The Bertz CT molecular complexity index is 696. The van der Waals surface area contributed by atoms with Gasteiger partial charge < -0.3 is 10.6 Å². The van der Waals surface area contributed by atoms with Crippen LogP contribution in [0.2, 0.25) is 0 Å². The molecule has 1 amide bonds. The molecule has 2 N–H and O–H groups in total. The van der Waals surface area contributed by atoms with E-state index in [1.165, 1.54) is 0 Å². The third-order valence-electron chi connectivity index (χ3n) is 4.58. The number of nitrogens with zero attached hydrogens (tertiary/aromatic N) is 2. The van der Waals surface area contributed by atoms with E-state index in [-0.39, 0.29) is 11.9 Å². The Morgan fingerprint density at radius 2 is 2.18 bits per heavy atom. The summed E-state index contributed by atoms with van der Waals surface area (Å²) in [6.07, 6.45) is 2.13. The quantitative estimate of drug-likeness (QED) is 0.927. The van der Waals surface area contributed by atoms with E-state index in [2.05, 4.69) is 4.98 Å². The molecule has 1 aromatic carbocycles. The van der Waals surface area contributed by atoms with Crippen LogP contribution in [0.15, 0.2) is 30.3 Å². The molecule has 0 spiro atoms. The molecule has 22 heavy (non-hydrogen) atoms. The fourth-order valence-electron chi connectivity index (χ4n) is 3.21. The summed E-state index contributed by atoms with van der Waals surface area (Å²) in [6.45, 7) is 5.54. The average Bonchev–Trinajstić information content (AvgIpc) is 2.53. The number of likely N-dealkylation sites (tertiary alicyclic amines) is 1. The molecular weight excluding hydrogens is 274 g/mol. The highest BCUT2D eigenvalue weighted by atomic mass is 16.2. The summed E-state index contributed by atoms with van der Waals surface area (Å²) < 4.78 is 0. The van der Waals surface area contributed by atoms with Crippen molar-refractivity contribution in [2.24, 2.45) is 11.7 Å². The molecule has 0 unspecified atom stereocenters. The lowest BCUT2D eigenvalue weighted by Crippen LogP contribution is -2.45. The maximum atomic E-state index is 12.9. The lowest BCUT2D eigenvalue weighted by molar-refractivity contribution is 0.0663. The van der Waals surface area contributed by atoms with Crippen LogP contribution in [0.4, 0.5) is 0 Å². The van der Waals surface area contributed by atoms with Crippen molar-refractivity contribution in [2.75, 3.05) is 13.1 Å². The van der Waals surface area contributed by atoms with E-state index in [1.807, 2.05) is 49.1 Å². The molecule has 2 atom stereocenters. The Hall–Kier alpha value is -1.94. The number of amides is 1. The molecule has 1 aliphatic heterocycles. The first-order valence-corrected chi connectivity index (χ1v) is 7.97. The van der Waals surface area contributed by atoms with Crippen LogP contribution in [0, 0.1) is 12.8 Å². The molecule has 116 valence electrons. The first-order chi connectivity index (χ1) is 10.6. The predicted molar refractivity (Wildman–Crippen MR) is 88.8 cm³/mol. The van der Waals surface area contributed by atoms with Crippen LogP contribution in [0.3, 0.4) is 0 Å². The van der Waals surface area contributed by atoms with Crippen LogP contribution >= 0.6 is 0 Å². The number of carbonyl (C=O) groups is 1. The lowest BCUT2D eigenvalue weighted by atomic mass is 9.91. The molecule has 0 bridgehead atoms. The first kappa shape index (κ1) is 15.0. The third kappa shape index (κ3) is 2.83. The number of fused-ring (bicyclic) bond motifs is 1. The number of pyridine rings is 1. The van der Waals surface area contributed by atoms with Gasteiger partial charge >= 0.3 is 0 Å². The van der Waals surface area contributed by atoms with Crippen LogP contribution in [-0.4, -0.2) is 34.9 Å². The van der Waals surface area contributed by atoms with E-state index in [0.29, 0.717) is 11.5 Å². The van der Waals surface area contributed by atoms with Crippen molar-refractivity contribution >= 4 is 16.8 Å².